The molecule has 8 heteroatoms. The van der Waals surface area contributed by atoms with E-state index >= 15 is 0 Å². The molecule has 0 saturated carbocycles. The number of hydrogen-bond acceptors (Lipinski definition) is 6. The number of carbonyl (C=O) groups excluding carboxylic acids is 1. The lowest BCUT2D eigenvalue weighted by atomic mass is 10.2. The van der Waals surface area contributed by atoms with Crippen LogP contribution in [0.1, 0.15) is 25.3 Å². The first-order valence-corrected chi connectivity index (χ1v) is 9.17. The maximum absolute atomic E-state index is 13.0. The van der Waals surface area contributed by atoms with Crippen LogP contribution in [0.25, 0.3) is 11.5 Å². The van der Waals surface area contributed by atoms with Gasteiger partial charge in [-0.3, -0.25) is 4.79 Å². The van der Waals surface area contributed by atoms with Gasteiger partial charge in [-0.15, -0.1) is 22.0 Å². The first-order chi connectivity index (χ1) is 13.0. The lowest BCUT2D eigenvalue weighted by Gasteiger charge is -2.09. The Hall–Kier alpha value is -2.74. The molecular formula is C19H16F2N2O3S. The molecule has 0 radical (unpaired) electrons. The van der Waals surface area contributed by atoms with Crippen LogP contribution in [0, 0.1) is 11.6 Å². The van der Waals surface area contributed by atoms with Gasteiger partial charge < -0.3 is 9.15 Å². The summed E-state index contributed by atoms with van der Waals surface area (Å²) in [7, 11) is 0. The standard InChI is InChI=1S/C19H16F2N2O3S/c1-12(18-22-23-19(26-18)13-2-4-14(20)5-3-13)25-17(24)10-11-27-16-8-6-15(21)7-9-16/h2-9,12H,10-11H2,1H3/t12-/m1/s1. The van der Waals surface area contributed by atoms with E-state index in [-0.39, 0.29) is 29.8 Å². The van der Waals surface area contributed by atoms with Gasteiger partial charge in [-0.05, 0) is 55.5 Å². The van der Waals surface area contributed by atoms with Crippen LogP contribution >= 0.6 is 11.8 Å². The number of thioether (sulfide) groups is 1. The van der Waals surface area contributed by atoms with Crippen LogP contribution < -0.4 is 0 Å². The summed E-state index contributed by atoms with van der Waals surface area (Å²) < 4.78 is 36.6. The zero-order valence-electron chi connectivity index (χ0n) is 14.4. The predicted octanol–water partition coefficient (Wildman–Crippen LogP) is 4.80. The Balaban J connectivity index is 1.49. The molecule has 0 spiro atoms. The molecule has 0 aliphatic carbocycles. The van der Waals surface area contributed by atoms with Gasteiger partial charge in [-0.25, -0.2) is 8.78 Å². The van der Waals surface area contributed by atoms with Gasteiger partial charge in [0.25, 0.3) is 5.89 Å². The smallest absolute Gasteiger partial charge is 0.307 e. The Morgan fingerprint density at radius 3 is 2.37 bits per heavy atom. The predicted molar refractivity (Wildman–Crippen MR) is 95.9 cm³/mol. The van der Waals surface area contributed by atoms with E-state index in [1.165, 1.54) is 48.2 Å². The van der Waals surface area contributed by atoms with Gasteiger partial charge in [0.1, 0.15) is 11.6 Å². The third kappa shape index (κ3) is 5.37. The van der Waals surface area contributed by atoms with Crippen molar-refractivity contribution in [2.45, 2.75) is 24.3 Å². The van der Waals surface area contributed by atoms with Gasteiger partial charge in [0.15, 0.2) is 6.10 Å². The molecule has 0 saturated heterocycles. The van der Waals surface area contributed by atoms with Crippen LogP contribution in [0.4, 0.5) is 8.78 Å². The van der Waals surface area contributed by atoms with Gasteiger partial charge in [-0.1, -0.05) is 0 Å². The highest BCUT2D eigenvalue weighted by molar-refractivity contribution is 7.99. The normalized spacial score (nSPS) is 12.0. The molecule has 0 bridgehead atoms. The summed E-state index contributed by atoms with van der Waals surface area (Å²) in [5, 5.41) is 7.76. The molecular weight excluding hydrogens is 374 g/mol. The molecule has 3 aromatic rings. The maximum Gasteiger partial charge on any atom is 0.307 e. The van der Waals surface area contributed by atoms with Crippen LogP contribution in [0.2, 0.25) is 0 Å². The minimum Gasteiger partial charge on any atom is -0.453 e. The van der Waals surface area contributed by atoms with Crippen molar-refractivity contribution >= 4 is 17.7 Å². The Kier molecular flexibility index (Phi) is 6.18. The average Bonchev–Trinajstić information content (AvgIpc) is 3.14. The zero-order valence-corrected chi connectivity index (χ0v) is 15.2. The molecule has 0 aliphatic heterocycles. The molecule has 0 amide bonds. The van der Waals surface area contributed by atoms with E-state index in [9.17, 15) is 13.6 Å². The molecule has 5 nitrogen and oxygen atoms in total. The van der Waals surface area contributed by atoms with Gasteiger partial charge in [0.05, 0.1) is 6.42 Å². The topological polar surface area (TPSA) is 65.2 Å². The third-order valence-corrected chi connectivity index (χ3v) is 4.59. The molecule has 27 heavy (non-hydrogen) atoms. The highest BCUT2D eigenvalue weighted by Crippen LogP contribution is 2.24. The summed E-state index contributed by atoms with van der Waals surface area (Å²) in [5.41, 5.74) is 0.573. The number of ether oxygens (including phenoxy) is 1. The van der Waals surface area contributed by atoms with E-state index in [1.807, 2.05) is 0 Å². The maximum atomic E-state index is 13.0. The summed E-state index contributed by atoms with van der Waals surface area (Å²) in [4.78, 5) is 12.8. The molecule has 0 aliphatic rings. The summed E-state index contributed by atoms with van der Waals surface area (Å²) in [5.74, 6) is -0.180. The molecule has 0 N–H and O–H groups in total. The summed E-state index contributed by atoms with van der Waals surface area (Å²) in [6.07, 6.45) is -0.513. The molecule has 0 unspecified atom stereocenters. The fraction of sp³-hybridized carbons (Fsp3) is 0.211. The minimum absolute atomic E-state index is 0.161. The second-order valence-electron chi connectivity index (χ2n) is 5.64. The van der Waals surface area contributed by atoms with E-state index < -0.39 is 12.1 Å². The van der Waals surface area contributed by atoms with Crippen molar-refractivity contribution in [3.63, 3.8) is 0 Å². The monoisotopic (exact) mass is 390 g/mol. The number of hydrogen-bond donors (Lipinski definition) is 0. The largest absolute Gasteiger partial charge is 0.453 e. The van der Waals surface area contributed by atoms with Gasteiger partial charge in [0.2, 0.25) is 5.89 Å². The van der Waals surface area contributed by atoms with E-state index in [2.05, 4.69) is 10.2 Å². The van der Waals surface area contributed by atoms with Gasteiger partial charge in [-0.2, -0.15) is 0 Å². The Labute approximate surface area is 158 Å². The van der Waals surface area contributed by atoms with Crippen LogP contribution in [0.3, 0.4) is 0 Å². The molecule has 3 rings (SSSR count). The van der Waals surface area contributed by atoms with Gasteiger partial charge in [0, 0.05) is 16.2 Å². The van der Waals surface area contributed by atoms with Crippen LogP contribution in [0.15, 0.2) is 57.8 Å². The number of rotatable bonds is 7. The minimum atomic E-state index is -0.699. The average molecular weight is 390 g/mol. The van der Waals surface area contributed by atoms with E-state index in [0.29, 0.717) is 11.3 Å². The van der Waals surface area contributed by atoms with Crippen molar-refractivity contribution < 1.29 is 22.7 Å². The summed E-state index contributed by atoms with van der Waals surface area (Å²) >= 11 is 1.43. The number of aromatic nitrogens is 2. The van der Waals surface area contributed by atoms with Crippen LogP contribution in [-0.4, -0.2) is 21.9 Å². The summed E-state index contributed by atoms with van der Waals surface area (Å²) in [6, 6.07) is 11.7. The second-order valence-corrected chi connectivity index (χ2v) is 6.81. The molecule has 1 aromatic heterocycles. The number of esters is 1. The van der Waals surface area contributed by atoms with E-state index in [1.54, 1.807) is 19.1 Å². The van der Waals surface area contributed by atoms with Crippen molar-refractivity contribution in [1.82, 2.24) is 10.2 Å². The third-order valence-electron chi connectivity index (χ3n) is 3.58. The lowest BCUT2D eigenvalue weighted by Crippen LogP contribution is -2.09. The van der Waals surface area contributed by atoms with Crippen LogP contribution in [-0.2, 0) is 9.53 Å². The number of carbonyl (C=O) groups is 1. The lowest BCUT2D eigenvalue weighted by molar-refractivity contribution is -0.149. The number of benzene rings is 2. The van der Waals surface area contributed by atoms with Crippen molar-refractivity contribution in [3.8, 4) is 11.5 Å². The van der Waals surface area contributed by atoms with Crippen molar-refractivity contribution in [2.24, 2.45) is 0 Å². The Morgan fingerprint density at radius 1 is 1.07 bits per heavy atom. The van der Waals surface area contributed by atoms with Crippen LogP contribution in [0.5, 0.6) is 0 Å². The number of nitrogens with zero attached hydrogens (tertiary/aromatic N) is 2. The SMILES string of the molecule is C[C@@H](OC(=O)CCSc1ccc(F)cc1)c1nnc(-c2ccc(F)cc2)o1. The van der Waals surface area contributed by atoms with E-state index in [0.717, 1.165) is 4.90 Å². The van der Waals surface area contributed by atoms with Gasteiger partial charge >= 0.3 is 5.97 Å². The molecule has 1 heterocycles. The fourth-order valence-electron chi connectivity index (χ4n) is 2.20. The quantitative estimate of drug-likeness (QED) is 0.426. The molecule has 140 valence electrons. The van der Waals surface area contributed by atoms with Crippen molar-refractivity contribution in [2.75, 3.05) is 5.75 Å². The fourth-order valence-corrected chi connectivity index (χ4v) is 3.03. The first kappa shape index (κ1) is 19.0. The highest BCUT2D eigenvalue weighted by atomic mass is 32.2. The summed E-state index contributed by atoms with van der Waals surface area (Å²) in [6.45, 7) is 1.63. The number of halogens is 2. The van der Waals surface area contributed by atoms with Crippen molar-refractivity contribution in [1.29, 1.82) is 0 Å². The Morgan fingerprint density at radius 2 is 1.70 bits per heavy atom. The first-order valence-electron chi connectivity index (χ1n) is 8.18. The molecule has 2 aromatic carbocycles. The zero-order chi connectivity index (χ0) is 19.2. The molecule has 1 atom stereocenters. The van der Waals surface area contributed by atoms with E-state index in [4.69, 9.17) is 9.15 Å². The second kappa shape index (κ2) is 8.77. The van der Waals surface area contributed by atoms with Crippen molar-refractivity contribution in [3.05, 3.63) is 66.1 Å². The highest BCUT2D eigenvalue weighted by Gasteiger charge is 2.19. The molecule has 0 fully saturated rings. The Bertz CT molecular complexity index is 898.